The monoisotopic (exact) mass is 379 g/mol. The molecule has 2 heterocycles. The van der Waals surface area contributed by atoms with Gasteiger partial charge in [-0.3, -0.25) is 4.79 Å². The maximum absolute atomic E-state index is 13.2. The molecule has 0 fully saturated rings. The second-order valence-electron chi connectivity index (χ2n) is 8.80. The molecule has 148 valence electrons. The molecule has 0 saturated carbocycles. The first-order valence-corrected chi connectivity index (χ1v) is 10.2. The summed E-state index contributed by atoms with van der Waals surface area (Å²) < 4.78 is 11.7. The number of rotatable bonds is 1. The van der Waals surface area contributed by atoms with Crippen LogP contribution in [0.1, 0.15) is 67.2 Å². The summed E-state index contributed by atoms with van der Waals surface area (Å²) in [7, 11) is 0. The molecular weight excluding hydrogens is 350 g/mol. The Hall–Kier alpha value is -2.49. The molecule has 4 nitrogen and oxygen atoms in total. The third-order valence-electron chi connectivity index (χ3n) is 5.81. The van der Waals surface area contributed by atoms with Crippen LogP contribution in [0.3, 0.4) is 0 Å². The number of benzene rings is 2. The molecule has 4 rings (SSSR count). The molecule has 0 N–H and O–H groups in total. The maximum atomic E-state index is 13.2. The molecule has 2 aromatic carbocycles. The fourth-order valence-corrected chi connectivity index (χ4v) is 4.03. The van der Waals surface area contributed by atoms with Crippen molar-refractivity contribution in [1.82, 2.24) is 4.90 Å². The van der Waals surface area contributed by atoms with Crippen LogP contribution >= 0.6 is 0 Å². The summed E-state index contributed by atoms with van der Waals surface area (Å²) in [5, 5.41) is 0. The SMILES string of the molecule is CC1c2cc3c(cc2CCN1C(=O)c1ccc(C(C)(C)C)cc1)OCCCO3. The van der Waals surface area contributed by atoms with E-state index in [-0.39, 0.29) is 17.4 Å². The number of hydrogen-bond acceptors (Lipinski definition) is 3. The second kappa shape index (κ2) is 7.16. The normalized spacial score (nSPS) is 19.0. The predicted molar refractivity (Wildman–Crippen MR) is 110 cm³/mol. The van der Waals surface area contributed by atoms with Crippen molar-refractivity contribution in [3.05, 3.63) is 58.7 Å². The topological polar surface area (TPSA) is 38.8 Å². The Balaban J connectivity index is 1.59. The van der Waals surface area contributed by atoms with E-state index in [1.807, 2.05) is 17.0 Å². The minimum absolute atomic E-state index is 0.00990. The molecule has 0 radical (unpaired) electrons. The summed E-state index contributed by atoms with van der Waals surface area (Å²) in [6.07, 6.45) is 1.73. The lowest BCUT2D eigenvalue weighted by Crippen LogP contribution is -2.38. The summed E-state index contributed by atoms with van der Waals surface area (Å²) in [5.41, 5.74) is 4.48. The van der Waals surface area contributed by atoms with Crippen molar-refractivity contribution in [1.29, 1.82) is 0 Å². The van der Waals surface area contributed by atoms with Crippen LogP contribution in [0, 0.1) is 0 Å². The van der Waals surface area contributed by atoms with Crippen molar-refractivity contribution in [2.75, 3.05) is 19.8 Å². The number of carbonyl (C=O) groups excluding carboxylic acids is 1. The second-order valence-corrected chi connectivity index (χ2v) is 8.80. The molecule has 2 aromatic rings. The zero-order chi connectivity index (χ0) is 19.9. The Kier molecular flexibility index (Phi) is 4.82. The van der Waals surface area contributed by atoms with Crippen LogP contribution in [0.15, 0.2) is 36.4 Å². The number of carbonyl (C=O) groups is 1. The molecule has 0 spiro atoms. The van der Waals surface area contributed by atoms with Gasteiger partial charge >= 0.3 is 0 Å². The molecule has 1 atom stereocenters. The van der Waals surface area contributed by atoms with E-state index in [0.717, 1.165) is 35.5 Å². The molecule has 1 amide bonds. The zero-order valence-corrected chi connectivity index (χ0v) is 17.2. The lowest BCUT2D eigenvalue weighted by Gasteiger charge is -2.36. The third kappa shape index (κ3) is 3.48. The summed E-state index contributed by atoms with van der Waals surface area (Å²) >= 11 is 0. The van der Waals surface area contributed by atoms with E-state index in [1.165, 1.54) is 11.1 Å². The van der Waals surface area contributed by atoms with E-state index >= 15 is 0 Å². The van der Waals surface area contributed by atoms with Gasteiger partial charge in [-0.15, -0.1) is 0 Å². The molecule has 28 heavy (non-hydrogen) atoms. The highest BCUT2D eigenvalue weighted by molar-refractivity contribution is 5.94. The number of ether oxygens (including phenoxy) is 2. The van der Waals surface area contributed by atoms with Crippen LogP contribution in [0.4, 0.5) is 0 Å². The van der Waals surface area contributed by atoms with Crippen LogP contribution in [0.25, 0.3) is 0 Å². The van der Waals surface area contributed by atoms with Gasteiger partial charge in [0.15, 0.2) is 11.5 Å². The van der Waals surface area contributed by atoms with Crippen LogP contribution in [-0.4, -0.2) is 30.6 Å². The fourth-order valence-electron chi connectivity index (χ4n) is 4.03. The van der Waals surface area contributed by atoms with E-state index in [1.54, 1.807) is 0 Å². The Morgan fingerprint density at radius 3 is 2.32 bits per heavy atom. The van der Waals surface area contributed by atoms with E-state index in [4.69, 9.17) is 9.47 Å². The Bertz CT molecular complexity index is 880. The molecule has 4 heteroatoms. The molecule has 1 unspecified atom stereocenters. The van der Waals surface area contributed by atoms with Gasteiger partial charge in [0.05, 0.1) is 19.3 Å². The van der Waals surface area contributed by atoms with Gasteiger partial charge in [-0.2, -0.15) is 0 Å². The van der Waals surface area contributed by atoms with Crippen LogP contribution in [0.5, 0.6) is 11.5 Å². The van der Waals surface area contributed by atoms with Crippen molar-refractivity contribution in [2.45, 2.75) is 52.0 Å². The largest absolute Gasteiger partial charge is 0.490 e. The standard InChI is InChI=1S/C24H29NO3/c1-16-20-15-22-21(27-12-5-13-28-22)14-18(20)10-11-25(16)23(26)17-6-8-19(9-7-17)24(2,3)4/h6-9,14-16H,5,10-13H2,1-4H3. The highest BCUT2D eigenvalue weighted by Gasteiger charge is 2.30. The minimum Gasteiger partial charge on any atom is -0.490 e. The van der Waals surface area contributed by atoms with E-state index < -0.39 is 0 Å². The lowest BCUT2D eigenvalue weighted by molar-refractivity contribution is 0.0677. The number of hydrogen-bond donors (Lipinski definition) is 0. The minimum atomic E-state index is 0.00990. The number of nitrogens with zero attached hydrogens (tertiary/aromatic N) is 1. The van der Waals surface area contributed by atoms with Crippen LogP contribution in [0.2, 0.25) is 0 Å². The van der Waals surface area contributed by atoms with Crippen molar-refractivity contribution < 1.29 is 14.3 Å². The fraction of sp³-hybridized carbons (Fsp3) is 0.458. The molecule has 0 aliphatic carbocycles. The average molecular weight is 380 g/mol. The summed E-state index contributed by atoms with van der Waals surface area (Å²) in [6.45, 7) is 10.7. The van der Waals surface area contributed by atoms with Crippen molar-refractivity contribution in [3.63, 3.8) is 0 Å². The van der Waals surface area contributed by atoms with Gasteiger partial charge in [0, 0.05) is 18.5 Å². The molecule has 2 aliphatic heterocycles. The van der Waals surface area contributed by atoms with Gasteiger partial charge in [0.2, 0.25) is 0 Å². The average Bonchev–Trinajstić information content (AvgIpc) is 2.91. The van der Waals surface area contributed by atoms with E-state index in [0.29, 0.717) is 19.8 Å². The first-order chi connectivity index (χ1) is 13.3. The highest BCUT2D eigenvalue weighted by Crippen LogP contribution is 2.39. The Morgan fingerprint density at radius 2 is 1.68 bits per heavy atom. The summed E-state index contributed by atoms with van der Waals surface area (Å²) in [4.78, 5) is 15.2. The van der Waals surface area contributed by atoms with Crippen molar-refractivity contribution >= 4 is 5.91 Å². The Labute approximate surface area is 167 Å². The molecule has 0 aromatic heterocycles. The van der Waals surface area contributed by atoms with Crippen LogP contribution < -0.4 is 9.47 Å². The van der Waals surface area contributed by atoms with E-state index in [9.17, 15) is 4.79 Å². The smallest absolute Gasteiger partial charge is 0.254 e. The molecule has 0 saturated heterocycles. The third-order valence-corrected chi connectivity index (χ3v) is 5.81. The molecular formula is C24H29NO3. The molecule has 0 bridgehead atoms. The Morgan fingerprint density at radius 1 is 1.04 bits per heavy atom. The molecule has 2 aliphatic rings. The first kappa shape index (κ1) is 18.9. The highest BCUT2D eigenvalue weighted by atomic mass is 16.5. The van der Waals surface area contributed by atoms with Gasteiger partial charge in [-0.1, -0.05) is 32.9 Å². The zero-order valence-electron chi connectivity index (χ0n) is 17.2. The maximum Gasteiger partial charge on any atom is 0.254 e. The summed E-state index contributed by atoms with van der Waals surface area (Å²) in [5.74, 6) is 1.72. The van der Waals surface area contributed by atoms with Gasteiger partial charge in [-0.05, 0) is 59.7 Å². The van der Waals surface area contributed by atoms with Crippen LogP contribution in [-0.2, 0) is 11.8 Å². The van der Waals surface area contributed by atoms with Gasteiger partial charge in [0.1, 0.15) is 0 Å². The quantitative estimate of drug-likeness (QED) is 0.707. The van der Waals surface area contributed by atoms with Gasteiger partial charge in [0.25, 0.3) is 5.91 Å². The van der Waals surface area contributed by atoms with E-state index in [2.05, 4.69) is 52.0 Å². The summed E-state index contributed by atoms with van der Waals surface area (Å²) in [6, 6.07) is 12.2. The van der Waals surface area contributed by atoms with Gasteiger partial charge in [-0.25, -0.2) is 0 Å². The van der Waals surface area contributed by atoms with Crippen molar-refractivity contribution in [3.8, 4) is 11.5 Å². The number of fused-ring (bicyclic) bond motifs is 2. The predicted octanol–water partition coefficient (Wildman–Crippen LogP) is 4.90. The first-order valence-electron chi connectivity index (χ1n) is 10.2. The van der Waals surface area contributed by atoms with Gasteiger partial charge < -0.3 is 14.4 Å². The van der Waals surface area contributed by atoms with Crippen molar-refractivity contribution in [2.24, 2.45) is 0 Å². The number of amides is 1. The lowest BCUT2D eigenvalue weighted by atomic mass is 9.86.